The van der Waals surface area contributed by atoms with E-state index in [2.05, 4.69) is 12.2 Å². The topological polar surface area (TPSA) is 46.9 Å². The number of carbonyl (C=O) groups excluding carboxylic acids is 1. The number of hydrogen-bond acceptors (Lipinski definition) is 2. The third-order valence-electron chi connectivity index (χ3n) is 4.78. The van der Waals surface area contributed by atoms with Gasteiger partial charge in [0.1, 0.15) is 12.4 Å². The highest BCUT2D eigenvalue weighted by Gasteiger charge is 2.15. The number of imidazole rings is 1. The van der Waals surface area contributed by atoms with Crippen molar-refractivity contribution < 1.29 is 4.79 Å². The van der Waals surface area contributed by atoms with E-state index in [1.54, 1.807) is 0 Å². The third kappa shape index (κ3) is 3.47. The zero-order valence-electron chi connectivity index (χ0n) is 15.4. The van der Waals surface area contributed by atoms with E-state index in [4.69, 9.17) is 4.98 Å². The minimum absolute atomic E-state index is 0.0708. The van der Waals surface area contributed by atoms with Gasteiger partial charge < -0.3 is 9.88 Å². The molecule has 0 aliphatic heterocycles. The molecule has 27 heavy (non-hydrogen) atoms. The molecule has 4 nitrogen and oxygen atoms in total. The van der Waals surface area contributed by atoms with Crippen molar-refractivity contribution in [1.82, 2.24) is 9.55 Å². The van der Waals surface area contributed by atoms with Crippen molar-refractivity contribution in [3.63, 3.8) is 0 Å². The van der Waals surface area contributed by atoms with Crippen LogP contribution >= 0.6 is 0 Å². The third-order valence-corrected chi connectivity index (χ3v) is 4.78. The number of carbonyl (C=O) groups is 1. The lowest BCUT2D eigenvalue weighted by atomic mass is 10.1. The van der Waals surface area contributed by atoms with Gasteiger partial charge in [0, 0.05) is 11.3 Å². The average Bonchev–Trinajstić information content (AvgIpc) is 3.04. The normalized spacial score (nSPS) is 10.9. The summed E-state index contributed by atoms with van der Waals surface area (Å²) in [6.45, 7) is 4.31. The van der Waals surface area contributed by atoms with Gasteiger partial charge in [-0.2, -0.15) is 0 Å². The highest BCUT2D eigenvalue weighted by Crippen LogP contribution is 2.25. The Balaban J connectivity index is 1.68. The SMILES string of the molecule is Cc1ccc(NC(=O)Cn2c(-c3ccccc3)nc3ccccc32)cc1C. The van der Waals surface area contributed by atoms with E-state index in [1.807, 2.05) is 84.3 Å². The van der Waals surface area contributed by atoms with Gasteiger partial charge in [-0.15, -0.1) is 0 Å². The molecular weight excluding hydrogens is 334 g/mol. The van der Waals surface area contributed by atoms with E-state index in [0.29, 0.717) is 0 Å². The predicted octanol–water partition coefficient (Wildman–Crippen LogP) is 4.96. The molecule has 0 saturated carbocycles. The summed E-state index contributed by atoms with van der Waals surface area (Å²) in [6, 6.07) is 23.8. The highest BCUT2D eigenvalue weighted by molar-refractivity contribution is 5.92. The number of hydrogen-bond donors (Lipinski definition) is 1. The largest absolute Gasteiger partial charge is 0.325 e. The van der Waals surface area contributed by atoms with Crippen LogP contribution in [0.15, 0.2) is 72.8 Å². The van der Waals surface area contributed by atoms with Gasteiger partial charge in [-0.3, -0.25) is 4.79 Å². The molecule has 0 radical (unpaired) electrons. The molecule has 1 heterocycles. The number of nitrogens with zero attached hydrogens (tertiary/aromatic N) is 2. The number of fused-ring (bicyclic) bond motifs is 1. The molecule has 3 aromatic carbocycles. The van der Waals surface area contributed by atoms with Crippen molar-refractivity contribution in [2.24, 2.45) is 0 Å². The Kier molecular flexibility index (Phi) is 4.47. The summed E-state index contributed by atoms with van der Waals surface area (Å²) in [7, 11) is 0. The van der Waals surface area contributed by atoms with E-state index in [-0.39, 0.29) is 12.5 Å². The maximum absolute atomic E-state index is 12.7. The Morgan fingerprint density at radius 2 is 1.67 bits per heavy atom. The zero-order valence-corrected chi connectivity index (χ0v) is 15.4. The van der Waals surface area contributed by atoms with Crippen LogP contribution in [0.2, 0.25) is 0 Å². The first kappa shape index (κ1) is 17.0. The van der Waals surface area contributed by atoms with Gasteiger partial charge in [-0.05, 0) is 49.2 Å². The van der Waals surface area contributed by atoms with Gasteiger partial charge in [0.2, 0.25) is 5.91 Å². The van der Waals surface area contributed by atoms with Crippen molar-refractivity contribution in [1.29, 1.82) is 0 Å². The number of rotatable bonds is 4. The standard InChI is InChI=1S/C23H21N3O/c1-16-12-13-19(14-17(16)2)24-22(27)15-26-21-11-7-6-10-20(21)25-23(26)18-8-4-3-5-9-18/h3-14H,15H2,1-2H3,(H,24,27). The second kappa shape index (κ2) is 7.08. The first-order valence-electron chi connectivity index (χ1n) is 8.99. The minimum Gasteiger partial charge on any atom is -0.325 e. The Labute approximate surface area is 158 Å². The van der Waals surface area contributed by atoms with Crippen molar-refractivity contribution in [3.05, 3.63) is 83.9 Å². The molecule has 0 aliphatic carbocycles. The van der Waals surface area contributed by atoms with Crippen molar-refractivity contribution in [2.75, 3.05) is 5.32 Å². The smallest absolute Gasteiger partial charge is 0.244 e. The summed E-state index contributed by atoms with van der Waals surface area (Å²) < 4.78 is 1.97. The van der Waals surface area contributed by atoms with Crippen molar-refractivity contribution >= 4 is 22.6 Å². The van der Waals surface area contributed by atoms with Crippen molar-refractivity contribution in [3.8, 4) is 11.4 Å². The van der Waals surface area contributed by atoms with Gasteiger partial charge >= 0.3 is 0 Å². The van der Waals surface area contributed by atoms with Gasteiger partial charge in [0.15, 0.2) is 0 Å². The van der Waals surface area contributed by atoms with E-state index >= 15 is 0 Å². The lowest BCUT2D eigenvalue weighted by molar-refractivity contribution is -0.116. The van der Waals surface area contributed by atoms with Crippen molar-refractivity contribution in [2.45, 2.75) is 20.4 Å². The minimum atomic E-state index is -0.0708. The predicted molar refractivity (Wildman–Crippen MR) is 110 cm³/mol. The summed E-state index contributed by atoms with van der Waals surface area (Å²) in [6.07, 6.45) is 0. The molecule has 0 bridgehead atoms. The fourth-order valence-corrected chi connectivity index (χ4v) is 3.21. The first-order valence-corrected chi connectivity index (χ1v) is 8.99. The molecule has 4 rings (SSSR count). The fourth-order valence-electron chi connectivity index (χ4n) is 3.21. The van der Waals surface area contributed by atoms with Gasteiger partial charge in [0.25, 0.3) is 0 Å². The van der Waals surface area contributed by atoms with Crippen LogP contribution in [0.1, 0.15) is 11.1 Å². The molecule has 0 unspecified atom stereocenters. The maximum atomic E-state index is 12.7. The molecule has 1 aromatic heterocycles. The molecule has 4 heteroatoms. The van der Waals surface area contributed by atoms with Crippen LogP contribution in [0.25, 0.3) is 22.4 Å². The number of benzene rings is 3. The molecule has 0 fully saturated rings. The summed E-state index contributed by atoms with van der Waals surface area (Å²) >= 11 is 0. The molecular formula is C23H21N3O. The molecule has 0 saturated heterocycles. The summed E-state index contributed by atoms with van der Waals surface area (Å²) in [5.74, 6) is 0.727. The molecule has 0 spiro atoms. The lowest BCUT2D eigenvalue weighted by Gasteiger charge is -2.11. The summed E-state index contributed by atoms with van der Waals surface area (Å²) in [4.78, 5) is 17.5. The second-order valence-corrected chi connectivity index (χ2v) is 6.72. The van der Waals surface area contributed by atoms with Gasteiger partial charge in [-0.25, -0.2) is 4.98 Å². The quantitative estimate of drug-likeness (QED) is 0.562. The van der Waals surface area contributed by atoms with Gasteiger partial charge in [0.05, 0.1) is 11.0 Å². The number of nitrogens with one attached hydrogen (secondary N) is 1. The molecule has 134 valence electrons. The molecule has 1 amide bonds. The number of para-hydroxylation sites is 2. The molecule has 1 N–H and O–H groups in total. The van der Waals surface area contributed by atoms with E-state index in [9.17, 15) is 4.79 Å². The molecule has 4 aromatic rings. The number of anilines is 1. The number of aryl methyl sites for hydroxylation is 2. The zero-order chi connectivity index (χ0) is 18.8. The fraction of sp³-hybridized carbons (Fsp3) is 0.130. The summed E-state index contributed by atoms with van der Waals surface area (Å²) in [5.41, 5.74) is 6.01. The number of amides is 1. The monoisotopic (exact) mass is 355 g/mol. The Hall–Kier alpha value is -3.40. The Bertz CT molecular complexity index is 1110. The van der Waals surface area contributed by atoms with Crippen LogP contribution in [0.5, 0.6) is 0 Å². The van der Waals surface area contributed by atoms with E-state index in [0.717, 1.165) is 33.7 Å². The highest BCUT2D eigenvalue weighted by atomic mass is 16.1. The van der Waals surface area contributed by atoms with E-state index in [1.165, 1.54) is 5.56 Å². The maximum Gasteiger partial charge on any atom is 0.244 e. The Morgan fingerprint density at radius 1 is 0.926 bits per heavy atom. The van der Waals surface area contributed by atoms with Crippen LogP contribution in [-0.2, 0) is 11.3 Å². The van der Waals surface area contributed by atoms with Crippen LogP contribution in [0.3, 0.4) is 0 Å². The van der Waals surface area contributed by atoms with E-state index < -0.39 is 0 Å². The van der Waals surface area contributed by atoms with Crippen LogP contribution < -0.4 is 5.32 Å². The van der Waals surface area contributed by atoms with Crippen LogP contribution in [-0.4, -0.2) is 15.5 Å². The van der Waals surface area contributed by atoms with Crippen LogP contribution in [0, 0.1) is 13.8 Å². The average molecular weight is 355 g/mol. The first-order chi connectivity index (χ1) is 13.1. The Morgan fingerprint density at radius 3 is 2.44 bits per heavy atom. The number of aromatic nitrogens is 2. The van der Waals surface area contributed by atoms with Crippen LogP contribution in [0.4, 0.5) is 5.69 Å². The van der Waals surface area contributed by atoms with Gasteiger partial charge in [-0.1, -0.05) is 48.5 Å². The second-order valence-electron chi connectivity index (χ2n) is 6.72. The lowest BCUT2D eigenvalue weighted by Crippen LogP contribution is -2.19. The molecule has 0 aliphatic rings. The molecule has 0 atom stereocenters. The summed E-state index contributed by atoms with van der Waals surface area (Å²) in [5, 5.41) is 3.00.